The maximum atomic E-state index is 14.1. The highest BCUT2D eigenvalue weighted by Gasteiger charge is 2.22. The van der Waals surface area contributed by atoms with Crippen molar-refractivity contribution in [3.05, 3.63) is 29.6 Å². The van der Waals surface area contributed by atoms with E-state index in [9.17, 15) is 4.39 Å². The minimum absolute atomic E-state index is 0.246. The van der Waals surface area contributed by atoms with E-state index in [0.717, 1.165) is 25.7 Å². The summed E-state index contributed by atoms with van der Waals surface area (Å²) in [4.78, 5) is 2.23. The summed E-state index contributed by atoms with van der Waals surface area (Å²) in [7, 11) is 3.55. The van der Waals surface area contributed by atoms with Crippen LogP contribution in [0.25, 0.3) is 0 Å². The molecule has 1 saturated carbocycles. The molecule has 1 aromatic carbocycles. The molecule has 1 aromatic rings. The van der Waals surface area contributed by atoms with Crippen LogP contribution in [0.4, 0.5) is 4.39 Å². The van der Waals surface area contributed by atoms with E-state index in [4.69, 9.17) is 10.5 Å². The highest BCUT2D eigenvalue weighted by atomic mass is 19.1. The molecular weight excluding hydrogens is 243 g/mol. The summed E-state index contributed by atoms with van der Waals surface area (Å²) in [6.07, 6.45) is 4.33. The lowest BCUT2D eigenvalue weighted by Gasteiger charge is -2.33. The third-order valence-electron chi connectivity index (χ3n) is 4.05. The standard InChI is InChI=1S/C15H23FN2O/c1-18(13-8-6-12(17)7-9-13)10-11-4-3-5-14(19-2)15(11)16/h3-5,12-13H,6-10,17H2,1-2H3. The van der Waals surface area contributed by atoms with Gasteiger partial charge in [0.1, 0.15) is 0 Å². The molecule has 2 rings (SSSR count). The third kappa shape index (κ3) is 3.45. The summed E-state index contributed by atoms with van der Waals surface area (Å²) in [5.41, 5.74) is 6.61. The highest BCUT2D eigenvalue weighted by molar-refractivity contribution is 5.31. The van der Waals surface area contributed by atoms with E-state index in [2.05, 4.69) is 11.9 Å². The summed E-state index contributed by atoms with van der Waals surface area (Å²) in [5.74, 6) is 0.0703. The lowest BCUT2D eigenvalue weighted by Crippen LogP contribution is -2.38. The van der Waals surface area contributed by atoms with Crippen LogP contribution in [0.2, 0.25) is 0 Å². The Labute approximate surface area is 114 Å². The number of halogens is 1. The van der Waals surface area contributed by atoms with Gasteiger partial charge in [-0.1, -0.05) is 12.1 Å². The molecule has 4 heteroatoms. The van der Waals surface area contributed by atoms with Gasteiger partial charge in [0.15, 0.2) is 11.6 Å². The van der Waals surface area contributed by atoms with E-state index in [1.165, 1.54) is 7.11 Å². The van der Waals surface area contributed by atoms with Crippen molar-refractivity contribution >= 4 is 0 Å². The summed E-state index contributed by atoms with van der Waals surface area (Å²) in [6.45, 7) is 0.614. The molecule has 0 aromatic heterocycles. The van der Waals surface area contributed by atoms with Crippen LogP contribution in [-0.2, 0) is 6.54 Å². The Hall–Kier alpha value is -1.13. The number of ether oxygens (including phenoxy) is 1. The topological polar surface area (TPSA) is 38.5 Å². The van der Waals surface area contributed by atoms with Gasteiger partial charge in [-0.15, -0.1) is 0 Å². The van der Waals surface area contributed by atoms with Crippen molar-refractivity contribution in [2.24, 2.45) is 5.73 Å². The zero-order chi connectivity index (χ0) is 13.8. The summed E-state index contributed by atoms with van der Waals surface area (Å²) in [6, 6.07) is 6.16. The van der Waals surface area contributed by atoms with Crippen LogP contribution < -0.4 is 10.5 Å². The second-order valence-electron chi connectivity index (χ2n) is 5.42. The van der Waals surface area contributed by atoms with Crippen LogP contribution in [0.5, 0.6) is 5.75 Å². The number of nitrogens with zero attached hydrogens (tertiary/aromatic N) is 1. The second kappa shape index (κ2) is 6.35. The van der Waals surface area contributed by atoms with E-state index in [1.54, 1.807) is 6.07 Å². The van der Waals surface area contributed by atoms with Crippen LogP contribution in [0.3, 0.4) is 0 Å². The maximum absolute atomic E-state index is 14.1. The van der Waals surface area contributed by atoms with Crippen LogP contribution in [0, 0.1) is 5.82 Å². The fraction of sp³-hybridized carbons (Fsp3) is 0.600. The van der Waals surface area contributed by atoms with Gasteiger partial charge >= 0.3 is 0 Å². The van der Waals surface area contributed by atoms with E-state index >= 15 is 0 Å². The molecule has 1 aliphatic rings. The molecule has 0 heterocycles. The predicted octanol–water partition coefficient (Wildman–Crippen LogP) is 2.54. The summed E-state index contributed by atoms with van der Waals surface area (Å²) < 4.78 is 19.1. The molecular formula is C15H23FN2O. The van der Waals surface area contributed by atoms with Crippen molar-refractivity contribution in [3.63, 3.8) is 0 Å². The molecule has 0 radical (unpaired) electrons. The molecule has 1 fully saturated rings. The monoisotopic (exact) mass is 266 g/mol. The van der Waals surface area contributed by atoms with Gasteiger partial charge in [-0.2, -0.15) is 0 Å². The molecule has 1 aliphatic carbocycles. The number of hydrogen-bond donors (Lipinski definition) is 1. The molecule has 0 amide bonds. The first-order valence-corrected chi connectivity index (χ1v) is 6.89. The summed E-state index contributed by atoms with van der Waals surface area (Å²) in [5, 5.41) is 0. The maximum Gasteiger partial charge on any atom is 0.169 e. The molecule has 2 N–H and O–H groups in total. The molecule has 3 nitrogen and oxygen atoms in total. The summed E-state index contributed by atoms with van der Waals surface area (Å²) >= 11 is 0. The van der Waals surface area contributed by atoms with E-state index in [1.807, 2.05) is 12.1 Å². The van der Waals surface area contributed by atoms with E-state index in [0.29, 0.717) is 29.9 Å². The second-order valence-corrected chi connectivity index (χ2v) is 5.42. The molecule has 19 heavy (non-hydrogen) atoms. The first-order chi connectivity index (χ1) is 9.11. The molecule has 0 atom stereocenters. The zero-order valence-electron chi connectivity index (χ0n) is 11.7. The van der Waals surface area contributed by atoms with E-state index < -0.39 is 0 Å². The molecule has 0 bridgehead atoms. The van der Waals surface area contributed by atoms with Crippen molar-refractivity contribution in [2.45, 2.75) is 44.3 Å². The van der Waals surface area contributed by atoms with Gasteiger partial charge in [-0.25, -0.2) is 4.39 Å². The first-order valence-electron chi connectivity index (χ1n) is 6.89. The number of nitrogens with two attached hydrogens (primary N) is 1. The quantitative estimate of drug-likeness (QED) is 0.910. The Balaban J connectivity index is 2.00. The van der Waals surface area contributed by atoms with Crippen molar-refractivity contribution in [1.29, 1.82) is 0 Å². The van der Waals surface area contributed by atoms with Crippen LogP contribution >= 0.6 is 0 Å². The average molecular weight is 266 g/mol. The Morgan fingerprint density at radius 3 is 2.63 bits per heavy atom. The Bertz CT molecular complexity index is 417. The van der Waals surface area contributed by atoms with Gasteiger partial charge in [-0.05, 0) is 38.8 Å². The predicted molar refractivity (Wildman–Crippen MR) is 74.7 cm³/mol. The van der Waals surface area contributed by atoms with Crippen molar-refractivity contribution in [2.75, 3.05) is 14.2 Å². The van der Waals surface area contributed by atoms with Crippen LogP contribution in [0.1, 0.15) is 31.2 Å². The van der Waals surface area contributed by atoms with Gasteiger partial charge in [0, 0.05) is 24.2 Å². The highest BCUT2D eigenvalue weighted by Crippen LogP contribution is 2.25. The molecule has 0 saturated heterocycles. The van der Waals surface area contributed by atoms with Gasteiger partial charge in [-0.3, -0.25) is 4.90 Å². The van der Waals surface area contributed by atoms with Gasteiger partial charge in [0.05, 0.1) is 7.11 Å². The van der Waals surface area contributed by atoms with Gasteiger partial charge in [0.25, 0.3) is 0 Å². The average Bonchev–Trinajstić information content (AvgIpc) is 2.42. The fourth-order valence-electron chi connectivity index (χ4n) is 2.78. The minimum atomic E-state index is -0.246. The van der Waals surface area contributed by atoms with Crippen molar-refractivity contribution in [3.8, 4) is 5.75 Å². The van der Waals surface area contributed by atoms with Crippen molar-refractivity contribution in [1.82, 2.24) is 4.90 Å². The molecule has 0 unspecified atom stereocenters. The number of hydrogen-bond acceptors (Lipinski definition) is 3. The molecule has 0 aliphatic heterocycles. The first kappa shape index (κ1) is 14.3. The Morgan fingerprint density at radius 1 is 1.32 bits per heavy atom. The Kier molecular flexibility index (Phi) is 4.77. The van der Waals surface area contributed by atoms with Crippen LogP contribution in [-0.4, -0.2) is 31.1 Å². The smallest absolute Gasteiger partial charge is 0.169 e. The molecule has 106 valence electrons. The zero-order valence-corrected chi connectivity index (χ0v) is 11.7. The molecule has 0 spiro atoms. The van der Waals surface area contributed by atoms with E-state index in [-0.39, 0.29) is 5.82 Å². The largest absolute Gasteiger partial charge is 0.494 e. The lowest BCUT2D eigenvalue weighted by atomic mass is 9.91. The lowest BCUT2D eigenvalue weighted by molar-refractivity contribution is 0.174. The minimum Gasteiger partial charge on any atom is -0.494 e. The number of rotatable bonds is 4. The van der Waals surface area contributed by atoms with Gasteiger partial charge in [0.2, 0.25) is 0 Å². The Morgan fingerprint density at radius 2 is 2.00 bits per heavy atom. The normalized spacial score (nSPS) is 23.6. The number of methoxy groups -OCH3 is 1. The fourth-order valence-corrected chi connectivity index (χ4v) is 2.78. The van der Waals surface area contributed by atoms with Crippen LogP contribution in [0.15, 0.2) is 18.2 Å². The van der Waals surface area contributed by atoms with Gasteiger partial charge < -0.3 is 10.5 Å². The van der Waals surface area contributed by atoms with Crippen molar-refractivity contribution < 1.29 is 9.13 Å². The third-order valence-corrected chi connectivity index (χ3v) is 4.05. The number of benzene rings is 1. The SMILES string of the molecule is COc1cccc(CN(C)C2CCC(N)CC2)c1F.